The molecule has 0 spiro atoms. The van der Waals surface area contributed by atoms with Gasteiger partial charge < -0.3 is 15.7 Å². The Labute approximate surface area is 173 Å². The number of aromatic nitrogens is 3. The van der Waals surface area contributed by atoms with Crippen LogP contribution < -0.4 is 10.6 Å². The Morgan fingerprint density at radius 1 is 1.17 bits per heavy atom. The van der Waals surface area contributed by atoms with Crippen molar-refractivity contribution in [2.75, 3.05) is 11.9 Å². The van der Waals surface area contributed by atoms with E-state index in [2.05, 4.69) is 32.2 Å². The molecule has 0 bridgehead atoms. The van der Waals surface area contributed by atoms with Gasteiger partial charge in [-0.1, -0.05) is 6.58 Å². The lowest BCUT2D eigenvalue weighted by molar-refractivity contribution is 0.0924. The zero-order valence-corrected chi connectivity index (χ0v) is 16.7. The monoisotopic (exact) mass is 407 g/mol. The highest BCUT2D eigenvalue weighted by atomic mass is 19.1. The Bertz CT molecular complexity index is 1080. The Kier molecular flexibility index (Phi) is 6.48. The van der Waals surface area contributed by atoms with Gasteiger partial charge in [-0.25, -0.2) is 4.39 Å². The van der Waals surface area contributed by atoms with Gasteiger partial charge in [-0.05, 0) is 37.6 Å². The molecule has 0 aliphatic heterocycles. The van der Waals surface area contributed by atoms with Crippen molar-refractivity contribution in [3.05, 3.63) is 72.7 Å². The number of rotatable bonds is 7. The van der Waals surface area contributed by atoms with Crippen LogP contribution in [0, 0.1) is 5.82 Å². The van der Waals surface area contributed by atoms with Crippen LogP contribution in [0.3, 0.4) is 0 Å². The van der Waals surface area contributed by atoms with Crippen molar-refractivity contribution in [2.24, 2.45) is 0 Å². The molecule has 0 saturated heterocycles. The molecule has 3 N–H and O–H groups in total. The van der Waals surface area contributed by atoms with E-state index >= 15 is 0 Å². The lowest BCUT2D eigenvalue weighted by Gasteiger charge is -2.16. The highest BCUT2D eigenvalue weighted by Crippen LogP contribution is 2.31. The van der Waals surface area contributed by atoms with E-state index in [1.807, 2.05) is 6.92 Å². The van der Waals surface area contributed by atoms with E-state index in [4.69, 9.17) is 0 Å². The van der Waals surface area contributed by atoms with Gasteiger partial charge in [-0.2, -0.15) is 0 Å². The van der Waals surface area contributed by atoms with E-state index in [1.54, 1.807) is 37.5 Å². The number of carbonyl (C=O) groups excluding carboxylic acids is 1. The predicted molar refractivity (Wildman–Crippen MR) is 114 cm³/mol. The smallest absolute Gasteiger partial charge is 0.255 e. The summed E-state index contributed by atoms with van der Waals surface area (Å²) in [6.07, 6.45) is 6.55. The first kappa shape index (κ1) is 21.1. The van der Waals surface area contributed by atoms with Gasteiger partial charge in [0.15, 0.2) is 5.82 Å². The second-order valence-electron chi connectivity index (χ2n) is 6.86. The first-order chi connectivity index (χ1) is 14.4. The van der Waals surface area contributed by atoms with Crippen molar-refractivity contribution < 1.29 is 14.3 Å². The molecule has 0 aliphatic carbocycles. The molecule has 0 aromatic carbocycles. The maximum atomic E-state index is 14.2. The van der Waals surface area contributed by atoms with Crippen LogP contribution in [0.4, 0.5) is 15.8 Å². The molecule has 1 unspecified atom stereocenters. The highest BCUT2D eigenvalue weighted by Gasteiger charge is 2.16. The van der Waals surface area contributed by atoms with E-state index in [-0.39, 0.29) is 12.5 Å². The number of nitrogens with one attached hydrogen (secondary N) is 2. The standard InChI is InChI=1S/C22H22FN5O2/c1-13(2)16-11-26-20(15-4-6-25-12-18(15)23)8-21(16)28-19-5-7-24-10-17(19)22(30)27-9-14(3)29/h4-8,10-12,14,29H,1,9H2,2-3H3,(H,27,30)(H,24,26,28). The lowest BCUT2D eigenvalue weighted by Crippen LogP contribution is -2.31. The van der Waals surface area contributed by atoms with Crippen LogP contribution in [0.25, 0.3) is 16.8 Å². The minimum absolute atomic E-state index is 0.116. The number of pyridine rings is 3. The summed E-state index contributed by atoms with van der Waals surface area (Å²) in [6, 6.07) is 4.90. The molecule has 1 amide bonds. The predicted octanol–water partition coefficient (Wildman–Crippen LogP) is 3.57. The summed E-state index contributed by atoms with van der Waals surface area (Å²) in [5.74, 6) is -0.862. The molecular formula is C22H22FN5O2. The van der Waals surface area contributed by atoms with Crippen molar-refractivity contribution in [1.82, 2.24) is 20.3 Å². The van der Waals surface area contributed by atoms with Gasteiger partial charge in [0.2, 0.25) is 0 Å². The molecule has 154 valence electrons. The second kappa shape index (κ2) is 9.23. The average molecular weight is 407 g/mol. The van der Waals surface area contributed by atoms with E-state index in [1.165, 1.54) is 12.4 Å². The summed E-state index contributed by atoms with van der Waals surface area (Å²) in [6.45, 7) is 7.50. The summed E-state index contributed by atoms with van der Waals surface area (Å²) in [5, 5.41) is 15.3. The largest absolute Gasteiger partial charge is 0.392 e. The summed E-state index contributed by atoms with van der Waals surface area (Å²) in [5.41, 5.74) is 3.62. The van der Waals surface area contributed by atoms with Gasteiger partial charge in [0.25, 0.3) is 5.91 Å². The van der Waals surface area contributed by atoms with Crippen molar-refractivity contribution in [3.63, 3.8) is 0 Å². The summed E-state index contributed by atoms with van der Waals surface area (Å²) in [7, 11) is 0. The molecule has 3 aromatic rings. The average Bonchev–Trinajstić information content (AvgIpc) is 2.72. The van der Waals surface area contributed by atoms with Crippen LogP contribution >= 0.6 is 0 Å². The number of amides is 1. The fourth-order valence-electron chi connectivity index (χ4n) is 2.79. The first-order valence-electron chi connectivity index (χ1n) is 9.30. The molecule has 1 atom stereocenters. The molecular weight excluding hydrogens is 385 g/mol. The second-order valence-corrected chi connectivity index (χ2v) is 6.86. The number of nitrogens with zero attached hydrogens (tertiary/aromatic N) is 3. The quantitative estimate of drug-likeness (QED) is 0.554. The molecule has 3 heterocycles. The van der Waals surface area contributed by atoms with Gasteiger partial charge in [-0.3, -0.25) is 19.7 Å². The highest BCUT2D eigenvalue weighted by molar-refractivity contribution is 6.00. The van der Waals surface area contributed by atoms with Crippen molar-refractivity contribution >= 4 is 22.9 Å². The summed E-state index contributed by atoms with van der Waals surface area (Å²) < 4.78 is 14.2. The third-order valence-electron chi connectivity index (χ3n) is 4.31. The SMILES string of the molecule is C=C(C)c1cnc(-c2ccncc2F)cc1Nc1ccncc1C(=O)NCC(C)O. The van der Waals surface area contributed by atoms with E-state index in [0.29, 0.717) is 28.2 Å². The summed E-state index contributed by atoms with van der Waals surface area (Å²) >= 11 is 0. The van der Waals surface area contributed by atoms with Gasteiger partial charge in [0.1, 0.15) is 0 Å². The van der Waals surface area contributed by atoms with Gasteiger partial charge >= 0.3 is 0 Å². The van der Waals surface area contributed by atoms with E-state index in [9.17, 15) is 14.3 Å². The number of anilines is 2. The molecule has 7 nitrogen and oxygen atoms in total. The number of aliphatic hydroxyl groups excluding tert-OH is 1. The van der Waals surface area contributed by atoms with Gasteiger partial charge in [-0.15, -0.1) is 0 Å². The zero-order valence-electron chi connectivity index (χ0n) is 16.7. The minimum Gasteiger partial charge on any atom is -0.392 e. The third-order valence-corrected chi connectivity index (χ3v) is 4.31. The number of hydrogen-bond acceptors (Lipinski definition) is 6. The fourth-order valence-corrected chi connectivity index (χ4v) is 2.79. The topological polar surface area (TPSA) is 100 Å². The van der Waals surface area contributed by atoms with Crippen LogP contribution in [0.5, 0.6) is 0 Å². The van der Waals surface area contributed by atoms with Crippen molar-refractivity contribution in [2.45, 2.75) is 20.0 Å². The molecule has 0 radical (unpaired) electrons. The fraction of sp³-hybridized carbons (Fsp3) is 0.182. The molecule has 30 heavy (non-hydrogen) atoms. The van der Waals surface area contributed by atoms with E-state index in [0.717, 1.165) is 17.3 Å². The Balaban J connectivity index is 2.00. The van der Waals surface area contributed by atoms with Crippen LogP contribution in [0.15, 0.2) is 55.8 Å². The number of allylic oxidation sites excluding steroid dienone is 1. The van der Waals surface area contributed by atoms with Crippen molar-refractivity contribution in [3.8, 4) is 11.3 Å². The Morgan fingerprint density at radius 2 is 1.90 bits per heavy atom. The van der Waals surface area contributed by atoms with E-state index < -0.39 is 11.9 Å². The Morgan fingerprint density at radius 3 is 2.60 bits per heavy atom. The number of hydrogen-bond donors (Lipinski definition) is 3. The van der Waals surface area contributed by atoms with Gasteiger partial charge in [0, 0.05) is 48.1 Å². The molecule has 3 rings (SSSR count). The first-order valence-corrected chi connectivity index (χ1v) is 9.30. The maximum absolute atomic E-state index is 14.2. The van der Waals surface area contributed by atoms with Crippen molar-refractivity contribution in [1.29, 1.82) is 0 Å². The number of aliphatic hydroxyl groups is 1. The maximum Gasteiger partial charge on any atom is 0.255 e. The lowest BCUT2D eigenvalue weighted by atomic mass is 10.1. The van der Waals surface area contributed by atoms with Crippen LogP contribution in [0.2, 0.25) is 0 Å². The van der Waals surface area contributed by atoms with Crippen LogP contribution in [-0.4, -0.2) is 38.6 Å². The molecule has 0 aliphatic rings. The molecule has 3 aromatic heterocycles. The Hall–Kier alpha value is -3.65. The molecule has 0 fully saturated rings. The molecule has 8 heteroatoms. The third kappa shape index (κ3) is 4.84. The number of carbonyl (C=O) groups is 1. The summed E-state index contributed by atoms with van der Waals surface area (Å²) in [4.78, 5) is 24.7. The zero-order chi connectivity index (χ0) is 21.7. The van der Waals surface area contributed by atoms with Gasteiger partial charge in [0.05, 0.1) is 29.2 Å². The van der Waals surface area contributed by atoms with Crippen LogP contribution in [-0.2, 0) is 0 Å². The van der Waals surface area contributed by atoms with Crippen LogP contribution in [0.1, 0.15) is 29.8 Å². The molecule has 0 saturated carbocycles. The minimum atomic E-state index is -0.671. The normalized spacial score (nSPS) is 11.6. The number of halogens is 1.